The van der Waals surface area contributed by atoms with Gasteiger partial charge in [-0.1, -0.05) is 0 Å². The van der Waals surface area contributed by atoms with Gasteiger partial charge in [0.1, 0.15) is 5.56 Å². The summed E-state index contributed by atoms with van der Waals surface area (Å²) in [5.74, 6) is -0.485. The molecular formula is C11H14N2O4S. The Morgan fingerprint density at radius 3 is 2.67 bits per heavy atom. The van der Waals surface area contributed by atoms with E-state index in [0.717, 1.165) is 17.2 Å². The number of nitro groups is 1. The minimum atomic E-state index is -1.28. The highest BCUT2D eigenvalue weighted by molar-refractivity contribution is 7.99. The average molecular weight is 270 g/mol. The second-order valence-electron chi connectivity index (χ2n) is 3.89. The van der Waals surface area contributed by atoms with Crippen LogP contribution in [0.5, 0.6) is 0 Å². The predicted octanol–water partition coefficient (Wildman–Crippen LogP) is 1.95. The van der Waals surface area contributed by atoms with E-state index in [-0.39, 0.29) is 11.3 Å². The first-order chi connectivity index (χ1) is 8.41. The monoisotopic (exact) mass is 270 g/mol. The zero-order valence-electron chi connectivity index (χ0n) is 10.1. The van der Waals surface area contributed by atoms with Crippen molar-refractivity contribution in [3.05, 3.63) is 33.9 Å². The van der Waals surface area contributed by atoms with Crippen LogP contribution in [0.25, 0.3) is 0 Å². The Bertz CT molecular complexity index is 462. The second-order valence-corrected chi connectivity index (χ2v) is 5.06. The van der Waals surface area contributed by atoms with Crippen LogP contribution in [0, 0.1) is 10.1 Å². The summed E-state index contributed by atoms with van der Waals surface area (Å²) in [5, 5.41) is 19.6. The molecule has 18 heavy (non-hydrogen) atoms. The van der Waals surface area contributed by atoms with E-state index in [2.05, 4.69) is 0 Å². The molecule has 0 aliphatic carbocycles. The Kier molecular flexibility index (Phi) is 5.11. The molecule has 0 spiro atoms. The van der Waals surface area contributed by atoms with E-state index < -0.39 is 10.9 Å². The molecule has 98 valence electrons. The lowest BCUT2D eigenvalue weighted by Gasteiger charge is -2.09. The Labute approximate surface area is 109 Å². The van der Waals surface area contributed by atoms with Gasteiger partial charge in [-0.15, -0.1) is 11.8 Å². The number of carboxylic acids is 1. The highest BCUT2D eigenvalue weighted by Gasteiger charge is 2.19. The van der Waals surface area contributed by atoms with Gasteiger partial charge in [0, 0.05) is 23.3 Å². The fraction of sp³-hybridized carbons (Fsp3) is 0.364. The first kappa shape index (κ1) is 14.5. The molecule has 0 bridgehead atoms. The summed E-state index contributed by atoms with van der Waals surface area (Å²) in [5.41, 5.74) is -0.644. The zero-order chi connectivity index (χ0) is 13.7. The lowest BCUT2D eigenvalue weighted by Crippen LogP contribution is -2.14. The summed E-state index contributed by atoms with van der Waals surface area (Å²) in [7, 11) is 3.89. The first-order valence-electron chi connectivity index (χ1n) is 5.21. The normalized spacial score (nSPS) is 10.6. The van der Waals surface area contributed by atoms with Gasteiger partial charge in [-0.3, -0.25) is 10.1 Å². The van der Waals surface area contributed by atoms with Gasteiger partial charge in [0.05, 0.1) is 4.92 Å². The molecule has 0 saturated carbocycles. The van der Waals surface area contributed by atoms with Crippen LogP contribution in [0.3, 0.4) is 0 Å². The minimum absolute atomic E-state index is 0.269. The Hall–Kier alpha value is -1.60. The number of thioether (sulfide) groups is 1. The molecule has 0 unspecified atom stereocenters. The quantitative estimate of drug-likeness (QED) is 0.483. The number of carboxylic acid groups (broad SMARTS) is 1. The molecule has 1 aromatic carbocycles. The van der Waals surface area contributed by atoms with E-state index in [1.165, 1.54) is 23.9 Å². The maximum atomic E-state index is 10.9. The van der Waals surface area contributed by atoms with Crippen LogP contribution in [0.1, 0.15) is 10.4 Å². The second kappa shape index (κ2) is 6.36. The summed E-state index contributed by atoms with van der Waals surface area (Å²) in [6.45, 7) is 0.851. The van der Waals surface area contributed by atoms with Crippen molar-refractivity contribution in [3.8, 4) is 0 Å². The Balaban J connectivity index is 2.87. The van der Waals surface area contributed by atoms with Gasteiger partial charge >= 0.3 is 5.97 Å². The van der Waals surface area contributed by atoms with E-state index >= 15 is 0 Å². The fourth-order valence-corrected chi connectivity index (χ4v) is 2.34. The van der Waals surface area contributed by atoms with Gasteiger partial charge < -0.3 is 10.0 Å². The minimum Gasteiger partial charge on any atom is -0.477 e. The van der Waals surface area contributed by atoms with Crippen LogP contribution in [-0.2, 0) is 0 Å². The highest BCUT2D eigenvalue weighted by atomic mass is 32.2. The largest absolute Gasteiger partial charge is 0.477 e. The number of hydrogen-bond donors (Lipinski definition) is 1. The molecule has 7 heteroatoms. The molecule has 0 aromatic heterocycles. The van der Waals surface area contributed by atoms with Crippen molar-refractivity contribution in [2.45, 2.75) is 4.90 Å². The number of benzene rings is 1. The molecule has 0 heterocycles. The molecule has 1 aromatic rings. The summed E-state index contributed by atoms with van der Waals surface area (Å²) in [6, 6.07) is 4.16. The third-order valence-corrected chi connectivity index (χ3v) is 3.18. The molecule has 0 radical (unpaired) electrons. The van der Waals surface area contributed by atoms with Crippen LogP contribution in [0.2, 0.25) is 0 Å². The van der Waals surface area contributed by atoms with Gasteiger partial charge in [-0.2, -0.15) is 0 Å². The lowest BCUT2D eigenvalue weighted by atomic mass is 10.2. The van der Waals surface area contributed by atoms with Crippen molar-refractivity contribution >= 4 is 23.4 Å². The SMILES string of the molecule is CN(C)CCSc1ccc([N+](=O)[O-])c(C(=O)O)c1. The topological polar surface area (TPSA) is 83.7 Å². The first-order valence-corrected chi connectivity index (χ1v) is 6.19. The molecule has 6 nitrogen and oxygen atoms in total. The molecule has 0 atom stereocenters. The average Bonchev–Trinajstić information content (AvgIpc) is 2.28. The third-order valence-electron chi connectivity index (χ3n) is 2.20. The van der Waals surface area contributed by atoms with E-state index in [9.17, 15) is 14.9 Å². The summed E-state index contributed by atoms with van der Waals surface area (Å²) >= 11 is 1.47. The van der Waals surface area contributed by atoms with Crippen LogP contribution >= 0.6 is 11.8 Å². The zero-order valence-corrected chi connectivity index (χ0v) is 10.9. The van der Waals surface area contributed by atoms with Gasteiger partial charge in [0.2, 0.25) is 0 Å². The highest BCUT2D eigenvalue weighted by Crippen LogP contribution is 2.26. The van der Waals surface area contributed by atoms with E-state index in [1.807, 2.05) is 19.0 Å². The van der Waals surface area contributed by atoms with Crippen molar-refractivity contribution in [1.82, 2.24) is 4.90 Å². The summed E-state index contributed by atoms with van der Waals surface area (Å²) < 4.78 is 0. The molecule has 0 amide bonds. The van der Waals surface area contributed by atoms with Crippen LogP contribution in [-0.4, -0.2) is 47.3 Å². The standard InChI is InChI=1S/C11H14N2O4S/c1-12(2)5-6-18-8-3-4-10(13(16)17)9(7-8)11(14)15/h3-4,7H,5-6H2,1-2H3,(H,14,15). The maximum absolute atomic E-state index is 10.9. The van der Waals surface area contributed by atoms with Crippen LogP contribution in [0.4, 0.5) is 5.69 Å². The summed E-state index contributed by atoms with van der Waals surface area (Å²) in [6.07, 6.45) is 0. The Morgan fingerprint density at radius 2 is 2.17 bits per heavy atom. The van der Waals surface area contributed by atoms with Crippen LogP contribution in [0.15, 0.2) is 23.1 Å². The molecule has 0 aliphatic rings. The number of aromatic carboxylic acids is 1. The van der Waals surface area contributed by atoms with Crippen LogP contribution < -0.4 is 0 Å². The smallest absolute Gasteiger partial charge is 0.342 e. The van der Waals surface area contributed by atoms with E-state index in [4.69, 9.17) is 5.11 Å². The predicted molar refractivity (Wildman–Crippen MR) is 69.3 cm³/mol. The van der Waals surface area contributed by atoms with E-state index in [0.29, 0.717) is 0 Å². The summed E-state index contributed by atoms with van der Waals surface area (Å²) in [4.78, 5) is 23.7. The van der Waals surface area contributed by atoms with E-state index in [1.54, 1.807) is 6.07 Å². The van der Waals surface area contributed by atoms with Gasteiger partial charge in [0.25, 0.3) is 5.69 Å². The number of rotatable bonds is 6. The van der Waals surface area contributed by atoms with Gasteiger partial charge in [-0.05, 0) is 26.2 Å². The molecular weight excluding hydrogens is 256 g/mol. The van der Waals surface area contributed by atoms with Crippen molar-refractivity contribution in [2.75, 3.05) is 26.4 Å². The van der Waals surface area contributed by atoms with Crippen molar-refractivity contribution in [1.29, 1.82) is 0 Å². The van der Waals surface area contributed by atoms with Crippen molar-refractivity contribution < 1.29 is 14.8 Å². The number of carbonyl (C=O) groups is 1. The lowest BCUT2D eigenvalue weighted by molar-refractivity contribution is -0.385. The Morgan fingerprint density at radius 1 is 1.50 bits per heavy atom. The molecule has 1 rings (SSSR count). The van der Waals surface area contributed by atoms with Gasteiger partial charge in [0.15, 0.2) is 0 Å². The molecule has 0 fully saturated rings. The third kappa shape index (κ3) is 4.01. The molecule has 1 N–H and O–H groups in total. The number of hydrogen-bond acceptors (Lipinski definition) is 5. The van der Waals surface area contributed by atoms with Gasteiger partial charge in [-0.25, -0.2) is 4.79 Å². The van der Waals surface area contributed by atoms with Crippen molar-refractivity contribution in [2.24, 2.45) is 0 Å². The fourth-order valence-electron chi connectivity index (χ4n) is 1.28. The molecule has 0 aliphatic heterocycles. The van der Waals surface area contributed by atoms with Crippen molar-refractivity contribution in [3.63, 3.8) is 0 Å². The number of nitro benzene ring substituents is 1. The molecule has 0 saturated heterocycles. The maximum Gasteiger partial charge on any atom is 0.342 e. The number of nitrogens with zero attached hydrogens (tertiary/aromatic N) is 2.